The van der Waals surface area contributed by atoms with E-state index in [1.54, 1.807) is 6.92 Å². The van der Waals surface area contributed by atoms with Gasteiger partial charge in [-0.25, -0.2) is 12.7 Å². The summed E-state index contributed by atoms with van der Waals surface area (Å²) in [6.45, 7) is 3.07. The van der Waals surface area contributed by atoms with Crippen LogP contribution < -0.4 is 4.74 Å². The number of hydrogen-bond donors (Lipinski definition) is 0. The second kappa shape index (κ2) is 5.38. The molecule has 2 rings (SSSR count). The van der Waals surface area contributed by atoms with Crippen LogP contribution in [0.1, 0.15) is 6.92 Å². The zero-order valence-electron chi connectivity index (χ0n) is 9.91. The van der Waals surface area contributed by atoms with Crippen molar-refractivity contribution in [1.29, 1.82) is 0 Å². The molecule has 2 heterocycles. The fourth-order valence-corrected chi connectivity index (χ4v) is 3.02. The number of nitrogens with zero attached hydrogens (tertiary/aromatic N) is 3. The molecule has 1 aliphatic rings. The van der Waals surface area contributed by atoms with Crippen molar-refractivity contribution < 1.29 is 13.2 Å². The van der Waals surface area contributed by atoms with E-state index in [0.29, 0.717) is 25.6 Å². The molecule has 0 saturated carbocycles. The lowest BCUT2D eigenvalue weighted by atomic mass is 10.1. The molecule has 1 aromatic rings. The van der Waals surface area contributed by atoms with Gasteiger partial charge in [0, 0.05) is 19.0 Å². The van der Waals surface area contributed by atoms with Crippen molar-refractivity contribution in [3.05, 3.63) is 17.5 Å². The quantitative estimate of drug-likeness (QED) is 0.802. The summed E-state index contributed by atoms with van der Waals surface area (Å²) in [5.41, 5.74) is 0. The Balaban J connectivity index is 1.78. The fourth-order valence-electron chi connectivity index (χ4n) is 1.64. The van der Waals surface area contributed by atoms with Gasteiger partial charge in [-0.1, -0.05) is 11.6 Å². The number of halogens is 1. The number of hydrogen-bond acceptors (Lipinski definition) is 5. The third kappa shape index (κ3) is 3.09. The zero-order chi connectivity index (χ0) is 13.2. The summed E-state index contributed by atoms with van der Waals surface area (Å²) in [5, 5.41) is 0.274. The molecule has 0 unspecified atom stereocenters. The van der Waals surface area contributed by atoms with Crippen LogP contribution in [0.2, 0.25) is 5.15 Å². The van der Waals surface area contributed by atoms with E-state index in [0.717, 1.165) is 0 Å². The Labute approximate surface area is 111 Å². The monoisotopic (exact) mass is 291 g/mol. The SMILES string of the molecule is CCS(=O)(=O)N1CC(COc2cncc(Cl)n2)C1. The maximum absolute atomic E-state index is 11.5. The molecule has 0 spiro atoms. The predicted molar refractivity (Wildman–Crippen MR) is 67.1 cm³/mol. The molecule has 1 fully saturated rings. The first-order chi connectivity index (χ1) is 8.51. The average Bonchev–Trinajstić information content (AvgIpc) is 2.27. The standard InChI is InChI=1S/C10H14ClN3O3S/c1-2-18(15,16)14-5-8(6-14)7-17-10-4-12-3-9(11)13-10/h3-4,8H,2,5-7H2,1H3. The first kappa shape index (κ1) is 13.5. The Morgan fingerprint density at radius 3 is 2.83 bits per heavy atom. The van der Waals surface area contributed by atoms with Crippen LogP contribution in [0.3, 0.4) is 0 Å². The Kier molecular flexibility index (Phi) is 4.04. The van der Waals surface area contributed by atoms with E-state index in [-0.39, 0.29) is 16.8 Å². The first-order valence-corrected chi connectivity index (χ1v) is 7.58. The highest BCUT2D eigenvalue weighted by Gasteiger charge is 2.34. The normalized spacial score (nSPS) is 17.4. The van der Waals surface area contributed by atoms with E-state index >= 15 is 0 Å². The maximum atomic E-state index is 11.5. The topological polar surface area (TPSA) is 72.4 Å². The van der Waals surface area contributed by atoms with Crippen LogP contribution in [0.15, 0.2) is 12.4 Å². The first-order valence-electron chi connectivity index (χ1n) is 5.59. The Hall–Kier alpha value is -0.920. The van der Waals surface area contributed by atoms with Crippen molar-refractivity contribution in [2.45, 2.75) is 6.92 Å². The van der Waals surface area contributed by atoms with Crippen molar-refractivity contribution in [2.75, 3.05) is 25.4 Å². The summed E-state index contributed by atoms with van der Waals surface area (Å²) in [7, 11) is -3.06. The highest BCUT2D eigenvalue weighted by atomic mass is 35.5. The van der Waals surface area contributed by atoms with Gasteiger partial charge in [0.15, 0.2) is 5.15 Å². The maximum Gasteiger partial charge on any atom is 0.233 e. The van der Waals surface area contributed by atoms with Gasteiger partial charge in [0.1, 0.15) is 0 Å². The Morgan fingerprint density at radius 2 is 2.22 bits per heavy atom. The van der Waals surface area contributed by atoms with Crippen molar-refractivity contribution in [1.82, 2.24) is 14.3 Å². The molecular weight excluding hydrogens is 278 g/mol. The number of sulfonamides is 1. The summed E-state index contributed by atoms with van der Waals surface area (Å²) >= 11 is 5.67. The Bertz CT molecular complexity index is 517. The van der Waals surface area contributed by atoms with Gasteiger partial charge >= 0.3 is 0 Å². The summed E-state index contributed by atoms with van der Waals surface area (Å²) < 4.78 is 29.9. The molecular formula is C10H14ClN3O3S. The average molecular weight is 292 g/mol. The van der Waals surface area contributed by atoms with Gasteiger partial charge in [0.25, 0.3) is 0 Å². The van der Waals surface area contributed by atoms with E-state index in [4.69, 9.17) is 16.3 Å². The van der Waals surface area contributed by atoms with Crippen LogP contribution in [0, 0.1) is 5.92 Å². The molecule has 6 nitrogen and oxygen atoms in total. The van der Waals surface area contributed by atoms with Crippen molar-refractivity contribution >= 4 is 21.6 Å². The molecule has 1 aliphatic heterocycles. The molecule has 8 heteroatoms. The summed E-state index contributed by atoms with van der Waals surface area (Å²) in [6, 6.07) is 0. The molecule has 0 atom stereocenters. The molecule has 0 aliphatic carbocycles. The third-order valence-electron chi connectivity index (χ3n) is 2.73. The van der Waals surface area contributed by atoms with Crippen LogP contribution in [-0.2, 0) is 10.0 Å². The minimum absolute atomic E-state index is 0.139. The van der Waals surface area contributed by atoms with Crippen LogP contribution in [0.25, 0.3) is 0 Å². The molecule has 0 N–H and O–H groups in total. The lowest BCUT2D eigenvalue weighted by Crippen LogP contribution is -2.52. The van der Waals surface area contributed by atoms with Crippen molar-refractivity contribution in [3.8, 4) is 5.88 Å². The lowest BCUT2D eigenvalue weighted by Gasteiger charge is -2.37. The van der Waals surface area contributed by atoms with Crippen LogP contribution in [0.5, 0.6) is 5.88 Å². The molecule has 0 radical (unpaired) electrons. The van der Waals surface area contributed by atoms with E-state index < -0.39 is 10.0 Å². The second-order valence-electron chi connectivity index (χ2n) is 4.07. The van der Waals surface area contributed by atoms with Gasteiger partial charge in [-0.2, -0.15) is 4.98 Å². The summed E-state index contributed by atoms with van der Waals surface area (Å²) in [4.78, 5) is 7.78. The fraction of sp³-hybridized carbons (Fsp3) is 0.600. The van der Waals surface area contributed by atoms with Gasteiger partial charge in [-0.05, 0) is 6.92 Å². The van der Waals surface area contributed by atoms with Crippen LogP contribution in [0.4, 0.5) is 0 Å². The Morgan fingerprint density at radius 1 is 1.50 bits per heavy atom. The second-order valence-corrected chi connectivity index (χ2v) is 6.72. The molecule has 0 amide bonds. The van der Waals surface area contributed by atoms with Gasteiger partial charge in [-0.3, -0.25) is 4.98 Å². The highest BCUT2D eigenvalue weighted by Crippen LogP contribution is 2.21. The number of ether oxygens (including phenoxy) is 1. The van der Waals surface area contributed by atoms with Crippen LogP contribution in [-0.4, -0.2) is 48.1 Å². The third-order valence-corrected chi connectivity index (χ3v) is 4.73. The van der Waals surface area contributed by atoms with Gasteiger partial charge in [-0.15, -0.1) is 0 Å². The van der Waals surface area contributed by atoms with Crippen LogP contribution >= 0.6 is 11.6 Å². The van der Waals surface area contributed by atoms with E-state index in [1.165, 1.54) is 16.7 Å². The minimum atomic E-state index is -3.06. The van der Waals surface area contributed by atoms with Gasteiger partial charge < -0.3 is 4.74 Å². The summed E-state index contributed by atoms with van der Waals surface area (Å²) in [6.07, 6.45) is 2.90. The van der Waals surface area contributed by atoms with Gasteiger partial charge in [0.2, 0.25) is 15.9 Å². The largest absolute Gasteiger partial charge is 0.476 e. The molecule has 1 aromatic heterocycles. The number of aromatic nitrogens is 2. The van der Waals surface area contributed by atoms with Gasteiger partial charge in [0.05, 0.1) is 24.8 Å². The van der Waals surface area contributed by atoms with E-state index in [1.807, 2.05) is 0 Å². The van der Waals surface area contributed by atoms with E-state index in [2.05, 4.69) is 9.97 Å². The molecule has 0 aromatic carbocycles. The lowest BCUT2D eigenvalue weighted by molar-refractivity contribution is 0.127. The van der Waals surface area contributed by atoms with Crippen molar-refractivity contribution in [3.63, 3.8) is 0 Å². The molecule has 1 saturated heterocycles. The smallest absolute Gasteiger partial charge is 0.233 e. The molecule has 100 valence electrons. The molecule has 0 bridgehead atoms. The van der Waals surface area contributed by atoms with Crippen molar-refractivity contribution in [2.24, 2.45) is 5.92 Å². The minimum Gasteiger partial charge on any atom is -0.476 e. The molecule has 18 heavy (non-hydrogen) atoms. The van der Waals surface area contributed by atoms with E-state index in [9.17, 15) is 8.42 Å². The zero-order valence-corrected chi connectivity index (χ0v) is 11.5. The summed E-state index contributed by atoms with van der Waals surface area (Å²) in [5.74, 6) is 0.701. The highest BCUT2D eigenvalue weighted by molar-refractivity contribution is 7.89. The predicted octanol–water partition coefficient (Wildman–Crippen LogP) is 0.790. The number of rotatable bonds is 5.